The highest BCUT2D eigenvalue weighted by atomic mass is 16.8. The molecule has 1 atom stereocenters. The standard InChI is InChI=1S/C8H15NO2.2C2H6/c1-3-7-4-10-8(11-7)5-9(2)6-8;2*1-2/h7H,3-6H2,1-2H3;2*1-2H3. The summed E-state index contributed by atoms with van der Waals surface area (Å²) < 4.78 is 11.3. The largest absolute Gasteiger partial charge is 0.345 e. The summed E-state index contributed by atoms with van der Waals surface area (Å²) in [6, 6.07) is 0. The molecule has 0 aliphatic carbocycles. The Kier molecular flexibility index (Phi) is 7.14. The lowest BCUT2D eigenvalue weighted by atomic mass is 10.1. The molecule has 0 amide bonds. The lowest BCUT2D eigenvalue weighted by Crippen LogP contribution is -2.60. The molecule has 2 aliphatic heterocycles. The number of nitrogens with zero attached hydrogens (tertiary/aromatic N) is 1. The number of hydrogen-bond acceptors (Lipinski definition) is 3. The van der Waals surface area contributed by atoms with Gasteiger partial charge in [-0.1, -0.05) is 34.6 Å². The lowest BCUT2D eigenvalue weighted by Gasteiger charge is -2.43. The monoisotopic (exact) mass is 217 g/mol. The summed E-state index contributed by atoms with van der Waals surface area (Å²) in [6.07, 6.45) is 1.40. The van der Waals surface area contributed by atoms with Crippen molar-refractivity contribution in [3.8, 4) is 0 Å². The van der Waals surface area contributed by atoms with Crippen molar-refractivity contribution in [1.29, 1.82) is 0 Å². The van der Waals surface area contributed by atoms with Crippen molar-refractivity contribution in [1.82, 2.24) is 4.90 Å². The second-order valence-electron chi connectivity index (χ2n) is 3.54. The summed E-state index contributed by atoms with van der Waals surface area (Å²) >= 11 is 0. The maximum absolute atomic E-state index is 5.74. The molecule has 1 spiro atoms. The second-order valence-corrected chi connectivity index (χ2v) is 3.54. The molecule has 0 N–H and O–H groups in total. The van der Waals surface area contributed by atoms with E-state index in [9.17, 15) is 0 Å². The Morgan fingerprint density at radius 2 is 1.73 bits per heavy atom. The predicted molar refractivity (Wildman–Crippen MR) is 64.0 cm³/mol. The molecule has 0 bridgehead atoms. The van der Waals surface area contributed by atoms with Gasteiger partial charge < -0.3 is 9.47 Å². The summed E-state index contributed by atoms with van der Waals surface area (Å²) in [5.41, 5.74) is 0. The second kappa shape index (κ2) is 7.20. The van der Waals surface area contributed by atoms with Crippen molar-refractivity contribution >= 4 is 0 Å². The van der Waals surface area contributed by atoms with Gasteiger partial charge in [0.25, 0.3) is 0 Å². The van der Waals surface area contributed by atoms with Crippen molar-refractivity contribution in [3.05, 3.63) is 0 Å². The Hall–Kier alpha value is -0.120. The van der Waals surface area contributed by atoms with Crippen LogP contribution in [0.4, 0.5) is 0 Å². The number of hydrogen-bond donors (Lipinski definition) is 0. The summed E-state index contributed by atoms with van der Waals surface area (Å²) in [4.78, 5) is 2.21. The number of rotatable bonds is 1. The van der Waals surface area contributed by atoms with E-state index in [0.717, 1.165) is 26.1 Å². The van der Waals surface area contributed by atoms with E-state index >= 15 is 0 Å². The Balaban J connectivity index is 0.000000442. The Bertz CT molecular complexity index is 156. The first-order valence-electron chi connectivity index (χ1n) is 6.24. The van der Waals surface area contributed by atoms with Crippen LogP contribution in [0.3, 0.4) is 0 Å². The first-order chi connectivity index (χ1) is 7.24. The number of likely N-dealkylation sites (N-methyl/N-ethyl adjacent to an activating group) is 1. The molecule has 0 aromatic rings. The summed E-state index contributed by atoms with van der Waals surface area (Å²) in [5.74, 6) is -0.213. The van der Waals surface area contributed by atoms with Crippen LogP contribution < -0.4 is 0 Å². The lowest BCUT2D eigenvalue weighted by molar-refractivity contribution is -0.240. The highest BCUT2D eigenvalue weighted by molar-refractivity contribution is 4.91. The molecule has 2 heterocycles. The van der Waals surface area contributed by atoms with Crippen molar-refractivity contribution in [2.45, 2.75) is 52.9 Å². The smallest absolute Gasteiger partial charge is 0.194 e. The number of ether oxygens (including phenoxy) is 2. The highest BCUT2D eigenvalue weighted by Crippen LogP contribution is 2.32. The molecule has 2 saturated heterocycles. The van der Waals surface area contributed by atoms with Crippen molar-refractivity contribution in [2.75, 3.05) is 26.7 Å². The van der Waals surface area contributed by atoms with Gasteiger partial charge in [0.05, 0.1) is 25.8 Å². The van der Waals surface area contributed by atoms with E-state index in [4.69, 9.17) is 9.47 Å². The highest BCUT2D eigenvalue weighted by Gasteiger charge is 2.49. The van der Waals surface area contributed by atoms with E-state index in [-0.39, 0.29) is 5.79 Å². The third-order valence-corrected chi connectivity index (χ3v) is 2.39. The molecule has 0 saturated carbocycles. The maximum Gasteiger partial charge on any atom is 0.194 e. The molecule has 0 radical (unpaired) electrons. The van der Waals surface area contributed by atoms with Crippen molar-refractivity contribution in [2.24, 2.45) is 0 Å². The van der Waals surface area contributed by atoms with E-state index in [1.807, 2.05) is 27.7 Å². The first kappa shape index (κ1) is 14.9. The van der Waals surface area contributed by atoms with Crippen LogP contribution in [0.1, 0.15) is 41.0 Å². The minimum Gasteiger partial charge on any atom is -0.345 e. The van der Waals surface area contributed by atoms with Crippen LogP contribution in [0.5, 0.6) is 0 Å². The van der Waals surface area contributed by atoms with Crippen LogP contribution >= 0.6 is 0 Å². The minimum absolute atomic E-state index is 0.213. The fourth-order valence-electron chi connectivity index (χ4n) is 1.76. The minimum atomic E-state index is -0.213. The van der Waals surface area contributed by atoms with Gasteiger partial charge in [-0.2, -0.15) is 0 Å². The fraction of sp³-hybridized carbons (Fsp3) is 1.00. The van der Waals surface area contributed by atoms with E-state index < -0.39 is 0 Å². The van der Waals surface area contributed by atoms with E-state index in [1.165, 1.54) is 0 Å². The average molecular weight is 217 g/mol. The summed E-state index contributed by atoms with van der Waals surface area (Å²) in [7, 11) is 2.08. The van der Waals surface area contributed by atoms with E-state index in [1.54, 1.807) is 0 Å². The molecule has 3 nitrogen and oxygen atoms in total. The van der Waals surface area contributed by atoms with Crippen LogP contribution in [0.15, 0.2) is 0 Å². The SMILES string of the molecule is CC.CC.CCC1COC2(CN(C)C2)O1. The summed E-state index contributed by atoms with van der Waals surface area (Å²) in [5, 5.41) is 0. The Morgan fingerprint density at radius 1 is 1.20 bits per heavy atom. The van der Waals surface area contributed by atoms with Crippen LogP contribution in [0.25, 0.3) is 0 Å². The van der Waals surface area contributed by atoms with Gasteiger partial charge in [-0.15, -0.1) is 0 Å². The molecule has 2 rings (SSSR count). The molecule has 2 aliphatic rings. The van der Waals surface area contributed by atoms with Gasteiger partial charge in [0, 0.05) is 0 Å². The van der Waals surface area contributed by atoms with E-state index in [2.05, 4.69) is 18.9 Å². The molecular weight excluding hydrogens is 190 g/mol. The third kappa shape index (κ3) is 3.74. The third-order valence-electron chi connectivity index (χ3n) is 2.39. The van der Waals surface area contributed by atoms with Crippen LogP contribution in [0, 0.1) is 0 Å². The topological polar surface area (TPSA) is 21.7 Å². The van der Waals surface area contributed by atoms with Gasteiger partial charge in [-0.3, -0.25) is 4.90 Å². The molecule has 92 valence electrons. The fourth-order valence-corrected chi connectivity index (χ4v) is 1.76. The molecule has 3 heteroatoms. The molecule has 2 fully saturated rings. The Morgan fingerprint density at radius 3 is 2.07 bits per heavy atom. The normalized spacial score (nSPS) is 27.2. The van der Waals surface area contributed by atoms with Crippen LogP contribution in [-0.2, 0) is 9.47 Å². The van der Waals surface area contributed by atoms with Gasteiger partial charge in [0.2, 0.25) is 0 Å². The molecule has 0 aromatic carbocycles. The van der Waals surface area contributed by atoms with Gasteiger partial charge in [-0.25, -0.2) is 0 Å². The summed E-state index contributed by atoms with van der Waals surface area (Å²) in [6.45, 7) is 12.8. The van der Waals surface area contributed by atoms with Crippen LogP contribution in [0.2, 0.25) is 0 Å². The zero-order chi connectivity index (χ0) is 11.9. The van der Waals surface area contributed by atoms with E-state index in [0.29, 0.717) is 6.10 Å². The zero-order valence-corrected chi connectivity index (χ0v) is 11.2. The quantitative estimate of drug-likeness (QED) is 0.673. The Labute approximate surface area is 94.7 Å². The molecule has 15 heavy (non-hydrogen) atoms. The van der Waals surface area contributed by atoms with Crippen LogP contribution in [-0.4, -0.2) is 43.5 Å². The molecular formula is C12H27NO2. The predicted octanol–water partition coefficient (Wildman–Crippen LogP) is 2.51. The average Bonchev–Trinajstić information content (AvgIpc) is 2.68. The van der Waals surface area contributed by atoms with Crippen molar-refractivity contribution < 1.29 is 9.47 Å². The zero-order valence-electron chi connectivity index (χ0n) is 11.2. The van der Waals surface area contributed by atoms with Gasteiger partial charge in [-0.05, 0) is 13.5 Å². The van der Waals surface area contributed by atoms with Gasteiger partial charge in [0.1, 0.15) is 0 Å². The van der Waals surface area contributed by atoms with Gasteiger partial charge >= 0.3 is 0 Å². The molecule has 1 unspecified atom stereocenters. The van der Waals surface area contributed by atoms with Gasteiger partial charge in [0.15, 0.2) is 5.79 Å². The van der Waals surface area contributed by atoms with Crippen molar-refractivity contribution in [3.63, 3.8) is 0 Å². The number of likely N-dealkylation sites (tertiary alicyclic amines) is 1. The first-order valence-corrected chi connectivity index (χ1v) is 6.24. The maximum atomic E-state index is 5.74. The molecule has 0 aromatic heterocycles.